The molecule has 3 aromatic carbocycles. The van der Waals surface area contributed by atoms with Crippen molar-refractivity contribution in [1.29, 1.82) is 0 Å². The van der Waals surface area contributed by atoms with E-state index in [0.717, 1.165) is 0 Å². The molecule has 1 N–H and O–H groups in total. The minimum atomic E-state index is -0.614. The van der Waals surface area contributed by atoms with E-state index < -0.39 is 17.7 Å². The Morgan fingerprint density at radius 2 is 1.65 bits per heavy atom. The zero-order valence-corrected chi connectivity index (χ0v) is 17.4. The Bertz CT molecular complexity index is 1100. The lowest BCUT2D eigenvalue weighted by Gasteiger charge is -2.06. The van der Waals surface area contributed by atoms with Crippen molar-refractivity contribution in [3.63, 3.8) is 0 Å². The van der Waals surface area contributed by atoms with Gasteiger partial charge in [-0.15, -0.1) is 0 Å². The fourth-order valence-electron chi connectivity index (χ4n) is 2.33. The van der Waals surface area contributed by atoms with Crippen LogP contribution in [0.2, 0.25) is 10.0 Å². The van der Waals surface area contributed by atoms with Crippen LogP contribution < -0.4 is 14.9 Å². The third kappa shape index (κ3) is 6.80. The Morgan fingerprint density at radius 3 is 2.32 bits per heavy atom. The maximum atomic E-state index is 12.8. The standard InChI is InChI=1S/C22H15Cl2FN2O4/c23-15-3-10-19(20(24)11-15)22(29)31-18-6-1-14(2-7-18)12-26-27-21(28)13-30-17-8-4-16(25)5-9-17/h1-12H,13H2,(H,27,28)/b26-12-. The van der Waals surface area contributed by atoms with Crippen LogP contribution in [0.15, 0.2) is 71.8 Å². The van der Waals surface area contributed by atoms with Crippen LogP contribution in [0.1, 0.15) is 15.9 Å². The summed E-state index contributed by atoms with van der Waals surface area (Å²) in [6.45, 7) is -0.273. The van der Waals surface area contributed by atoms with Crippen LogP contribution in [0.25, 0.3) is 0 Å². The lowest BCUT2D eigenvalue weighted by Crippen LogP contribution is -2.24. The number of nitrogens with one attached hydrogen (secondary N) is 1. The van der Waals surface area contributed by atoms with E-state index in [9.17, 15) is 14.0 Å². The number of ether oxygens (including phenoxy) is 2. The lowest BCUT2D eigenvalue weighted by molar-refractivity contribution is -0.123. The minimum absolute atomic E-state index is 0.195. The molecule has 0 aliphatic heterocycles. The van der Waals surface area contributed by atoms with E-state index in [1.807, 2.05) is 0 Å². The summed E-state index contributed by atoms with van der Waals surface area (Å²) >= 11 is 11.8. The molecule has 0 saturated heterocycles. The van der Waals surface area contributed by atoms with E-state index in [0.29, 0.717) is 22.1 Å². The molecule has 0 unspecified atom stereocenters. The Morgan fingerprint density at radius 1 is 0.968 bits per heavy atom. The van der Waals surface area contributed by atoms with Crippen LogP contribution in [-0.4, -0.2) is 24.7 Å². The molecule has 9 heteroatoms. The molecular formula is C22H15Cl2FN2O4. The highest BCUT2D eigenvalue weighted by Crippen LogP contribution is 2.23. The summed E-state index contributed by atoms with van der Waals surface area (Å²) in [5.74, 6) is -0.811. The topological polar surface area (TPSA) is 77.0 Å². The molecule has 3 rings (SSSR count). The average molecular weight is 461 g/mol. The van der Waals surface area contributed by atoms with Gasteiger partial charge in [0.05, 0.1) is 16.8 Å². The van der Waals surface area contributed by atoms with Gasteiger partial charge in [0.15, 0.2) is 6.61 Å². The SMILES string of the molecule is O=C(COc1ccc(F)cc1)N/N=C\c1ccc(OC(=O)c2ccc(Cl)cc2Cl)cc1. The first-order valence-electron chi connectivity index (χ1n) is 8.88. The first-order chi connectivity index (χ1) is 14.9. The number of hydrogen-bond acceptors (Lipinski definition) is 5. The number of hydrazone groups is 1. The number of nitrogens with zero attached hydrogens (tertiary/aromatic N) is 1. The number of hydrogen-bond donors (Lipinski definition) is 1. The molecule has 31 heavy (non-hydrogen) atoms. The van der Waals surface area contributed by atoms with Crippen molar-refractivity contribution < 1.29 is 23.5 Å². The molecule has 0 heterocycles. The van der Waals surface area contributed by atoms with Gasteiger partial charge in [-0.05, 0) is 72.3 Å². The highest BCUT2D eigenvalue weighted by atomic mass is 35.5. The second-order valence-corrected chi connectivity index (χ2v) is 6.96. The van der Waals surface area contributed by atoms with Gasteiger partial charge in [-0.2, -0.15) is 5.10 Å². The number of rotatable bonds is 7. The smallest absolute Gasteiger partial charge is 0.345 e. The van der Waals surface area contributed by atoms with E-state index in [4.69, 9.17) is 32.7 Å². The summed E-state index contributed by atoms with van der Waals surface area (Å²) < 4.78 is 23.3. The highest BCUT2D eigenvalue weighted by molar-refractivity contribution is 6.36. The molecule has 0 aromatic heterocycles. The normalized spacial score (nSPS) is 10.7. The van der Waals surface area contributed by atoms with Crippen LogP contribution in [0.5, 0.6) is 11.5 Å². The van der Waals surface area contributed by atoms with Crippen molar-refractivity contribution in [3.8, 4) is 11.5 Å². The molecule has 0 aliphatic carbocycles. The summed E-state index contributed by atoms with van der Waals surface area (Å²) in [6, 6.07) is 16.2. The zero-order valence-electron chi connectivity index (χ0n) is 15.8. The van der Waals surface area contributed by atoms with Gasteiger partial charge >= 0.3 is 5.97 Å². The molecule has 6 nitrogen and oxygen atoms in total. The molecule has 0 fully saturated rings. The summed E-state index contributed by atoms with van der Waals surface area (Å²) in [5.41, 5.74) is 3.17. The van der Waals surface area contributed by atoms with Gasteiger partial charge < -0.3 is 9.47 Å². The van der Waals surface area contributed by atoms with Gasteiger partial charge in [0.1, 0.15) is 17.3 Å². The van der Waals surface area contributed by atoms with Crippen molar-refractivity contribution in [2.24, 2.45) is 5.10 Å². The van der Waals surface area contributed by atoms with Crippen LogP contribution in [-0.2, 0) is 4.79 Å². The van der Waals surface area contributed by atoms with E-state index >= 15 is 0 Å². The van der Waals surface area contributed by atoms with Crippen LogP contribution >= 0.6 is 23.2 Å². The van der Waals surface area contributed by atoms with Gasteiger partial charge in [-0.1, -0.05) is 23.2 Å². The van der Waals surface area contributed by atoms with Crippen molar-refractivity contribution >= 4 is 41.3 Å². The molecule has 0 saturated carbocycles. The van der Waals surface area contributed by atoms with Crippen molar-refractivity contribution in [2.75, 3.05) is 6.61 Å². The molecule has 3 aromatic rings. The maximum Gasteiger partial charge on any atom is 0.345 e. The van der Waals surface area contributed by atoms with Gasteiger partial charge in [0.25, 0.3) is 5.91 Å². The summed E-state index contributed by atoms with van der Waals surface area (Å²) in [6.07, 6.45) is 1.41. The van der Waals surface area contributed by atoms with Crippen LogP contribution in [0, 0.1) is 5.82 Å². The first-order valence-corrected chi connectivity index (χ1v) is 9.64. The van der Waals surface area contributed by atoms with Crippen molar-refractivity contribution in [1.82, 2.24) is 5.43 Å². The summed E-state index contributed by atoms with van der Waals surface area (Å²) in [5, 5.41) is 4.43. The quantitative estimate of drug-likeness (QED) is 0.236. The number of esters is 1. The maximum absolute atomic E-state index is 12.8. The van der Waals surface area contributed by atoms with E-state index in [1.165, 1.54) is 42.6 Å². The summed E-state index contributed by atoms with van der Waals surface area (Å²) in [7, 11) is 0. The summed E-state index contributed by atoms with van der Waals surface area (Å²) in [4.78, 5) is 23.9. The molecule has 0 bridgehead atoms. The zero-order chi connectivity index (χ0) is 22.2. The minimum Gasteiger partial charge on any atom is -0.484 e. The Kier molecular flexibility index (Phi) is 7.59. The largest absolute Gasteiger partial charge is 0.484 e. The number of carbonyl (C=O) groups excluding carboxylic acids is 2. The monoisotopic (exact) mass is 460 g/mol. The molecular weight excluding hydrogens is 446 g/mol. The molecule has 0 aliphatic rings. The average Bonchev–Trinajstić information content (AvgIpc) is 2.74. The van der Waals surface area contributed by atoms with E-state index in [-0.39, 0.29) is 17.2 Å². The highest BCUT2D eigenvalue weighted by Gasteiger charge is 2.13. The number of amides is 1. The lowest BCUT2D eigenvalue weighted by atomic mass is 10.2. The van der Waals surface area contributed by atoms with Crippen molar-refractivity contribution in [3.05, 3.63) is 93.7 Å². The molecule has 0 spiro atoms. The second-order valence-electron chi connectivity index (χ2n) is 6.12. The number of carbonyl (C=O) groups is 2. The van der Waals surface area contributed by atoms with Crippen molar-refractivity contribution in [2.45, 2.75) is 0 Å². The molecule has 158 valence electrons. The van der Waals surface area contributed by atoms with Crippen LogP contribution in [0.4, 0.5) is 4.39 Å². The van der Waals surface area contributed by atoms with Gasteiger partial charge in [-0.3, -0.25) is 4.79 Å². The number of halogens is 3. The Labute approximate surface area is 187 Å². The third-order valence-electron chi connectivity index (χ3n) is 3.83. The van der Waals surface area contributed by atoms with E-state index in [1.54, 1.807) is 30.3 Å². The molecule has 0 radical (unpaired) electrons. The van der Waals surface area contributed by atoms with Gasteiger partial charge in [-0.25, -0.2) is 14.6 Å². The molecule has 1 amide bonds. The van der Waals surface area contributed by atoms with E-state index in [2.05, 4.69) is 10.5 Å². The predicted octanol–water partition coefficient (Wildman–Crippen LogP) is 4.88. The predicted molar refractivity (Wildman–Crippen MR) is 115 cm³/mol. The number of benzene rings is 3. The van der Waals surface area contributed by atoms with Gasteiger partial charge in [0.2, 0.25) is 0 Å². The molecule has 0 atom stereocenters. The Balaban J connectivity index is 1.48. The Hall–Kier alpha value is -3.42. The second kappa shape index (κ2) is 10.6. The van der Waals surface area contributed by atoms with Gasteiger partial charge in [0, 0.05) is 5.02 Å². The fraction of sp³-hybridized carbons (Fsp3) is 0.0455. The third-order valence-corrected chi connectivity index (χ3v) is 4.38. The fourth-order valence-corrected chi connectivity index (χ4v) is 2.82. The van der Waals surface area contributed by atoms with Crippen LogP contribution in [0.3, 0.4) is 0 Å². The first kappa shape index (κ1) is 22.3.